The van der Waals surface area contributed by atoms with Crippen molar-refractivity contribution >= 4 is 49.9 Å². The number of aryl methyl sites for hydroxylation is 2. The third-order valence-electron chi connectivity index (χ3n) is 11.5. The molecule has 0 unspecified atom stereocenters. The molecule has 9 heteroatoms. The molecule has 1 aliphatic carbocycles. The molecule has 0 saturated heterocycles. The first-order valence-electron chi connectivity index (χ1n) is 24.0. The first kappa shape index (κ1) is 37.3. The van der Waals surface area contributed by atoms with E-state index in [0.29, 0.717) is 28.5 Å². The normalized spacial score (nSPS) is 15.0. The maximum atomic E-state index is 11.7. The Morgan fingerprint density at radius 1 is 0.738 bits per heavy atom. The van der Waals surface area contributed by atoms with Crippen LogP contribution in [0.5, 0.6) is 0 Å². The molecule has 0 bridgehead atoms. The molecule has 8 nitrogen and oxygen atoms in total. The Bertz CT molecular complexity index is 2950. The molecule has 1 N–H and O–H groups in total. The van der Waals surface area contributed by atoms with Crippen molar-refractivity contribution in [3.63, 3.8) is 0 Å². The number of nitrogens with zero attached hydrogens (tertiary/aromatic N) is 4. The quantitative estimate of drug-likeness (QED) is 0.0818. The van der Waals surface area contributed by atoms with E-state index in [2.05, 4.69) is 38.1 Å². The summed E-state index contributed by atoms with van der Waals surface area (Å²) in [6.07, 6.45) is 13.6. The van der Waals surface area contributed by atoms with E-state index in [9.17, 15) is 9.90 Å². The zero-order valence-corrected chi connectivity index (χ0v) is 37.3. The third-order valence-corrected chi connectivity index (χ3v) is 11.5. The van der Waals surface area contributed by atoms with E-state index < -0.39 is 13.7 Å². The number of carbonyl (C=O) groups excluding carboxylic acids is 1. The number of fused-ring (bicyclic) bond motifs is 6. The van der Waals surface area contributed by atoms with Crippen molar-refractivity contribution < 1.29 is 47.1 Å². The predicted molar refractivity (Wildman–Crippen MR) is 242 cm³/mol. The fraction of sp³-hybridized carbons (Fsp3) is 0.327. The summed E-state index contributed by atoms with van der Waals surface area (Å²) in [5.41, 5.74) is 6.26. The van der Waals surface area contributed by atoms with Crippen molar-refractivity contribution in [2.45, 2.75) is 98.7 Å². The molecule has 1 saturated carbocycles. The zero-order valence-electron chi connectivity index (χ0n) is 40.9. The number of carbonyl (C=O) groups is 1. The maximum absolute atomic E-state index is 11.7. The number of hydrogen-bond acceptors (Lipinski definition) is 8. The van der Waals surface area contributed by atoms with Crippen LogP contribution in [0.4, 0.5) is 0 Å². The molecule has 317 valence electrons. The van der Waals surface area contributed by atoms with Crippen LogP contribution in [0.15, 0.2) is 112 Å². The van der Waals surface area contributed by atoms with E-state index in [4.69, 9.17) is 17.1 Å². The van der Waals surface area contributed by atoms with Crippen molar-refractivity contribution in [1.29, 1.82) is 0 Å². The number of aliphatic hydroxyl groups excluding tert-OH is 1. The molecule has 9 rings (SSSR count). The molecule has 1 radical (unpaired) electrons. The van der Waals surface area contributed by atoms with E-state index in [0.717, 1.165) is 69.7 Å². The van der Waals surface area contributed by atoms with Crippen molar-refractivity contribution in [1.82, 2.24) is 19.9 Å². The monoisotopic (exact) mass is 997 g/mol. The van der Waals surface area contributed by atoms with Crippen LogP contribution in [-0.2, 0) is 24.9 Å². The number of allylic oxidation sites excluding steroid dienone is 2. The summed E-state index contributed by atoms with van der Waals surface area (Å²) < 4.78 is 56.9. The Balaban J connectivity index is 0.000000173. The Morgan fingerprint density at radius 3 is 1.77 bits per heavy atom. The van der Waals surface area contributed by atoms with Crippen molar-refractivity contribution in [2.24, 2.45) is 11.8 Å². The van der Waals surface area contributed by atoms with Gasteiger partial charge >= 0.3 is 0 Å². The second-order valence-corrected chi connectivity index (χ2v) is 15.2. The smallest absolute Gasteiger partial charge is 0.216 e. The first-order chi connectivity index (χ1) is 31.6. The summed E-state index contributed by atoms with van der Waals surface area (Å²) in [6, 6.07) is 30.1. The van der Waals surface area contributed by atoms with Crippen LogP contribution in [0.1, 0.15) is 110 Å². The molecule has 8 aromatic rings. The second-order valence-electron chi connectivity index (χ2n) is 15.2. The molecule has 0 amide bonds. The van der Waals surface area contributed by atoms with Gasteiger partial charge in [-0.05, 0) is 105 Å². The van der Waals surface area contributed by atoms with Gasteiger partial charge in [0.25, 0.3) is 0 Å². The van der Waals surface area contributed by atoms with Crippen LogP contribution < -0.4 is 0 Å². The number of pyridine rings is 4. The van der Waals surface area contributed by atoms with E-state index >= 15 is 0 Å². The molecule has 6 heterocycles. The minimum atomic E-state index is -2.26. The first-order valence-corrected chi connectivity index (χ1v) is 21.0. The molecule has 2 aromatic carbocycles. The number of hydrogen-bond donors (Lipinski definition) is 1. The summed E-state index contributed by atoms with van der Waals surface area (Å²) in [5.74, 6) is 1.17. The van der Waals surface area contributed by atoms with Crippen LogP contribution >= 0.6 is 0 Å². The van der Waals surface area contributed by atoms with Crippen molar-refractivity contribution in [3.8, 4) is 22.5 Å². The minimum absolute atomic E-state index is 0. The number of rotatable bonds is 10. The molecular formula is C52H54IrN4O4-2. The van der Waals surface area contributed by atoms with Gasteiger partial charge in [-0.2, -0.15) is 0 Å². The van der Waals surface area contributed by atoms with E-state index in [1.54, 1.807) is 24.4 Å². The van der Waals surface area contributed by atoms with Gasteiger partial charge in [-0.15, -0.1) is 36.4 Å². The molecule has 0 atom stereocenters. The molecular weight excluding hydrogens is 937 g/mol. The topological polar surface area (TPSA) is 115 Å². The number of ketones is 1. The summed E-state index contributed by atoms with van der Waals surface area (Å²) in [4.78, 5) is 29.1. The molecule has 1 aliphatic rings. The zero-order chi connectivity index (χ0) is 47.2. The fourth-order valence-electron chi connectivity index (χ4n) is 7.97. The number of benzene rings is 2. The SMILES string of the molecule is CCC(CC)C(=O)/C=C(\O)C(CC)CC.[2H]C([2H])([2H])c1ccc2c(n1)oc1c(-c3ccc(C4CCCC4)cn3)[c-]ccc12.[2H]C([2H])([2H])c1ccc2c(n1)oc1c(-c3ccccn3)[c-]ccc12.[Ir]. The molecule has 61 heavy (non-hydrogen) atoms. The Labute approximate surface area is 380 Å². The Morgan fingerprint density at radius 2 is 1.30 bits per heavy atom. The summed E-state index contributed by atoms with van der Waals surface area (Å²) in [7, 11) is 0. The Kier molecular flexibility index (Phi) is 12.7. The van der Waals surface area contributed by atoms with E-state index in [1.807, 2.05) is 76.4 Å². The average molecular weight is 997 g/mol. The van der Waals surface area contributed by atoms with E-state index in [1.165, 1.54) is 49.5 Å². The summed E-state index contributed by atoms with van der Waals surface area (Å²) >= 11 is 0. The number of furan rings is 2. The third kappa shape index (κ3) is 10.2. The Hall–Kier alpha value is -5.50. The van der Waals surface area contributed by atoms with Gasteiger partial charge in [-0.25, -0.2) is 9.97 Å². The number of aromatic nitrogens is 4. The second kappa shape index (κ2) is 20.8. The standard InChI is InChI=1S/C22H19N2O.C17H11N2O.C13H24O2.Ir/c1-14-9-11-18-17-7-4-8-19(21(17)25-22(18)24-14)20-12-10-16(13-23-20)15-5-2-3-6-15;1-11-8-9-13-12-5-4-6-14(15-7-2-3-10-18-15)16(12)20-17(13)19-11;1-5-10(6-2)12(14)9-13(15)11(7-3)8-4;/h4,7,9-13,15H,2-3,5-6H2,1H3;2-5,7-10H,1H3;9-11,14H,5-8H2,1-4H3;/q2*-1;;/b;;12-9-;/i2*1D3;;. The largest absolute Gasteiger partial charge is 0.512 e. The maximum Gasteiger partial charge on any atom is 0.216 e. The predicted octanol–water partition coefficient (Wildman–Crippen LogP) is 13.8. The van der Waals surface area contributed by atoms with Gasteiger partial charge in [0.15, 0.2) is 5.78 Å². The van der Waals surface area contributed by atoms with Crippen LogP contribution in [0.25, 0.3) is 66.7 Å². The van der Waals surface area contributed by atoms with Crippen LogP contribution in [0, 0.1) is 37.7 Å². The van der Waals surface area contributed by atoms with Gasteiger partial charge in [0, 0.05) is 80.8 Å². The number of aliphatic hydroxyl groups is 1. The summed E-state index contributed by atoms with van der Waals surface area (Å²) in [5, 5.41) is 13.1. The molecule has 0 aliphatic heterocycles. The average Bonchev–Trinajstić information content (AvgIpc) is 4.08. The summed E-state index contributed by atoms with van der Waals surface area (Å²) in [6.45, 7) is 3.55. The van der Waals surface area contributed by atoms with E-state index in [-0.39, 0.29) is 54.9 Å². The van der Waals surface area contributed by atoms with Gasteiger partial charge in [-0.3, -0.25) is 4.79 Å². The van der Waals surface area contributed by atoms with Gasteiger partial charge in [0.05, 0.1) is 16.9 Å². The molecule has 6 aromatic heterocycles. The van der Waals surface area contributed by atoms with Gasteiger partial charge in [0.1, 0.15) is 0 Å². The fourth-order valence-corrected chi connectivity index (χ4v) is 7.97. The molecule has 0 spiro atoms. The van der Waals surface area contributed by atoms with Crippen molar-refractivity contribution in [3.05, 3.63) is 132 Å². The van der Waals surface area contributed by atoms with Gasteiger partial charge in [0.2, 0.25) is 11.4 Å². The minimum Gasteiger partial charge on any atom is -0.512 e. The van der Waals surface area contributed by atoms with Crippen LogP contribution in [0.2, 0.25) is 0 Å². The van der Waals surface area contributed by atoms with Crippen LogP contribution in [0.3, 0.4) is 0 Å². The van der Waals surface area contributed by atoms with Gasteiger partial charge in [-0.1, -0.05) is 86.7 Å². The van der Waals surface area contributed by atoms with Crippen LogP contribution in [-0.4, -0.2) is 30.8 Å². The molecule has 1 fully saturated rings. The van der Waals surface area contributed by atoms with Gasteiger partial charge < -0.3 is 23.9 Å². The van der Waals surface area contributed by atoms with Crippen molar-refractivity contribution in [2.75, 3.05) is 0 Å².